The van der Waals surface area contributed by atoms with Gasteiger partial charge < -0.3 is 5.32 Å². The van der Waals surface area contributed by atoms with Gasteiger partial charge in [0, 0.05) is 26.9 Å². The van der Waals surface area contributed by atoms with Gasteiger partial charge in [0.25, 0.3) is 0 Å². The lowest BCUT2D eigenvalue weighted by Crippen LogP contribution is -2.23. The Hall–Kier alpha value is -0.710. The van der Waals surface area contributed by atoms with Crippen LogP contribution in [0.5, 0.6) is 0 Å². The summed E-state index contributed by atoms with van der Waals surface area (Å²) in [5, 5.41) is 4.45. The second kappa shape index (κ2) is 5.00. The fourth-order valence-corrected chi connectivity index (χ4v) is 4.57. The van der Waals surface area contributed by atoms with Crippen molar-refractivity contribution >= 4 is 27.3 Å². The lowest BCUT2D eigenvalue weighted by Gasteiger charge is -2.12. The van der Waals surface area contributed by atoms with Gasteiger partial charge in [0.05, 0.1) is 5.69 Å². The molecule has 1 heterocycles. The number of nitrogens with one attached hydrogen (secondary N) is 1. The summed E-state index contributed by atoms with van der Waals surface area (Å²) in [5.41, 5.74) is 2.75. The van der Waals surface area contributed by atoms with Crippen LogP contribution in [0.2, 0.25) is 0 Å². The summed E-state index contributed by atoms with van der Waals surface area (Å²) in [6, 6.07) is 8.31. The topological polar surface area (TPSA) is 24.9 Å². The summed E-state index contributed by atoms with van der Waals surface area (Å²) >= 11 is 5.47. The molecule has 3 rings (SSSR count). The van der Waals surface area contributed by atoms with Gasteiger partial charge in [0.15, 0.2) is 0 Å². The van der Waals surface area contributed by atoms with Crippen molar-refractivity contribution in [2.45, 2.75) is 25.2 Å². The molecule has 0 bridgehead atoms. The molecule has 1 aliphatic rings. The molecule has 1 aromatic carbocycles. The average Bonchev–Trinajstić information content (AvgIpc) is 3.06. The Morgan fingerprint density at radius 3 is 2.74 bits per heavy atom. The van der Waals surface area contributed by atoms with Crippen molar-refractivity contribution in [2.75, 3.05) is 13.6 Å². The lowest BCUT2D eigenvalue weighted by atomic mass is 10.0. The predicted molar refractivity (Wildman–Crippen MR) is 84.8 cm³/mol. The van der Waals surface area contributed by atoms with E-state index in [4.69, 9.17) is 4.98 Å². The van der Waals surface area contributed by atoms with Crippen molar-refractivity contribution in [1.82, 2.24) is 10.3 Å². The van der Waals surface area contributed by atoms with E-state index in [9.17, 15) is 0 Å². The number of hydrogen-bond acceptors (Lipinski definition) is 3. The molecule has 19 heavy (non-hydrogen) atoms. The summed E-state index contributed by atoms with van der Waals surface area (Å²) in [6.45, 7) is 3.20. The molecule has 0 aliphatic heterocycles. The summed E-state index contributed by atoms with van der Waals surface area (Å²) in [6.07, 6.45) is 2.57. The lowest BCUT2D eigenvalue weighted by molar-refractivity contribution is 0.630. The molecule has 0 unspecified atom stereocenters. The van der Waals surface area contributed by atoms with Crippen LogP contribution in [0.25, 0.3) is 10.6 Å². The molecule has 0 radical (unpaired) electrons. The molecule has 100 valence electrons. The molecule has 2 nitrogen and oxygen atoms in total. The zero-order valence-electron chi connectivity index (χ0n) is 11.2. The van der Waals surface area contributed by atoms with Crippen molar-refractivity contribution < 1.29 is 0 Å². The van der Waals surface area contributed by atoms with Crippen molar-refractivity contribution in [3.8, 4) is 10.6 Å². The minimum Gasteiger partial charge on any atom is -0.319 e. The molecule has 0 amide bonds. The Morgan fingerprint density at radius 1 is 1.37 bits per heavy atom. The SMILES string of the molecule is CNCC1(c2sc(-c3ccccc3Br)nc2C)CC1. The van der Waals surface area contributed by atoms with E-state index < -0.39 is 0 Å². The van der Waals surface area contributed by atoms with Gasteiger partial charge in [0.1, 0.15) is 5.01 Å². The molecular formula is C15H17BrN2S. The first-order chi connectivity index (χ1) is 9.16. The van der Waals surface area contributed by atoms with Crippen LogP contribution < -0.4 is 5.32 Å². The summed E-state index contributed by atoms with van der Waals surface area (Å²) < 4.78 is 1.12. The Balaban J connectivity index is 2.01. The molecule has 4 heteroatoms. The van der Waals surface area contributed by atoms with Crippen LogP contribution in [0.1, 0.15) is 23.4 Å². The van der Waals surface area contributed by atoms with E-state index in [1.165, 1.54) is 29.0 Å². The first kappa shape index (κ1) is 13.3. The molecule has 2 aromatic rings. The van der Waals surface area contributed by atoms with E-state index in [2.05, 4.69) is 46.4 Å². The zero-order chi connectivity index (χ0) is 13.5. The van der Waals surface area contributed by atoms with Gasteiger partial charge in [-0.05, 0) is 32.9 Å². The molecule has 1 fully saturated rings. The largest absolute Gasteiger partial charge is 0.319 e. The number of thiazole rings is 1. The minimum atomic E-state index is 0.357. The number of benzene rings is 1. The van der Waals surface area contributed by atoms with Crippen LogP contribution in [-0.4, -0.2) is 18.6 Å². The van der Waals surface area contributed by atoms with Gasteiger partial charge in [-0.2, -0.15) is 0 Å². The van der Waals surface area contributed by atoms with Crippen LogP contribution in [-0.2, 0) is 5.41 Å². The molecule has 1 saturated carbocycles. The van der Waals surface area contributed by atoms with E-state index in [0.717, 1.165) is 16.0 Å². The highest BCUT2D eigenvalue weighted by atomic mass is 79.9. The molecular weight excluding hydrogens is 320 g/mol. The van der Waals surface area contributed by atoms with Crippen molar-refractivity contribution in [3.05, 3.63) is 39.3 Å². The van der Waals surface area contributed by atoms with Gasteiger partial charge in [-0.3, -0.25) is 0 Å². The Morgan fingerprint density at radius 2 is 2.11 bits per heavy atom. The van der Waals surface area contributed by atoms with E-state index in [1.807, 2.05) is 24.5 Å². The maximum absolute atomic E-state index is 4.79. The van der Waals surface area contributed by atoms with E-state index >= 15 is 0 Å². The third-order valence-corrected chi connectivity index (χ3v) is 5.88. The van der Waals surface area contributed by atoms with Gasteiger partial charge in [0.2, 0.25) is 0 Å². The van der Waals surface area contributed by atoms with Crippen molar-refractivity contribution in [2.24, 2.45) is 0 Å². The van der Waals surface area contributed by atoms with Crippen molar-refractivity contribution in [3.63, 3.8) is 0 Å². The first-order valence-electron chi connectivity index (χ1n) is 6.54. The molecule has 1 aliphatic carbocycles. The molecule has 0 spiro atoms. The minimum absolute atomic E-state index is 0.357. The van der Waals surface area contributed by atoms with Gasteiger partial charge in [-0.15, -0.1) is 11.3 Å². The Kier molecular flexibility index (Phi) is 3.50. The molecule has 1 N–H and O–H groups in total. The van der Waals surface area contributed by atoms with Crippen LogP contribution in [0, 0.1) is 6.92 Å². The number of rotatable bonds is 4. The average molecular weight is 337 g/mol. The van der Waals surface area contributed by atoms with Crippen molar-refractivity contribution in [1.29, 1.82) is 0 Å². The molecule has 1 aromatic heterocycles. The monoisotopic (exact) mass is 336 g/mol. The number of halogens is 1. The smallest absolute Gasteiger partial charge is 0.125 e. The number of aryl methyl sites for hydroxylation is 1. The Labute approximate surface area is 126 Å². The van der Waals surface area contributed by atoms with Crippen LogP contribution in [0.3, 0.4) is 0 Å². The number of nitrogens with zero attached hydrogens (tertiary/aromatic N) is 1. The Bertz CT molecular complexity index is 602. The molecule has 0 atom stereocenters. The standard InChI is InChI=1S/C15H17BrN2S/c1-10-13(15(7-8-15)9-17-2)19-14(18-10)11-5-3-4-6-12(11)16/h3-6,17H,7-9H2,1-2H3. The summed E-state index contributed by atoms with van der Waals surface area (Å²) in [7, 11) is 2.03. The van der Waals surface area contributed by atoms with Gasteiger partial charge >= 0.3 is 0 Å². The predicted octanol–water partition coefficient (Wildman–Crippen LogP) is 4.13. The maximum atomic E-state index is 4.79. The maximum Gasteiger partial charge on any atom is 0.125 e. The van der Waals surface area contributed by atoms with E-state index in [0.29, 0.717) is 5.41 Å². The fourth-order valence-electron chi connectivity index (χ4n) is 2.61. The highest BCUT2D eigenvalue weighted by Gasteiger charge is 2.46. The normalized spacial score (nSPS) is 16.6. The second-order valence-electron chi connectivity index (χ2n) is 5.22. The van der Waals surface area contributed by atoms with E-state index in [1.54, 1.807) is 0 Å². The highest BCUT2D eigenvalue weighted by molar-refractivity contribution is 9.10. The van der Waals surface area contributed by atoms with Crippen LogP contribution >= 0.6 is 27.3 Å². The summed E-state index contributed by atoms with van der Waals surface area (Å²) in [4.78, 5) is 6.26. The van der Waals surface area contributed by atoms with Gasteiger partial charge in [-0.1, -0.05) is 34.1 Å². The number of hydrogen-bond donors (Lipinski definition) is 1. The number of likely N-dealkylation sites (N-methyl/N-ethyl adjacent to an activating group) is 1. The van der Waals surface area contributed by atoms with E-state index in [-0.39, 0.29) is 0 Å². The van der Waals surface area contributed by atoms with Crippen LogP contribution in [0.4, 0.5) is 0 Å². The summed E-state index contributed by atoms with van der Waals surface area (Å²) in [5.74, 6) is 0. The number of aromatic nitrogens is 1. The van der Waals surface area contributed by atoms with Gasteiger partial charge in [-0.25, -0.2) is 4.98 Å². The zero-order valence-corrected chi connectivity index (χ0v) is 13.6. The molecule has 0 saturated heterocycles. The second-order valence-corrected chi connectivity index (χ2v) is 7.08. The third-order valence-electron chi connectivity index (χ3n) is 3.75. The third kappa shape index (κ3) is 2.37. The first-order valence-corrected chi connectivity index (χ1v) is 8.15. The quantitative estimate of drug-likeness (QED) is 0.907. The fraction of sp³-hybridized carbons (Fsp3) is 0.400. The van der Waals surface area contributed by atoms with Crippen LogP contribution in [0.15, 0.2) is 28.7 Å². The highest BCUT2D eigenvalue weighted by Crippen LogP contribution is 2.52.